The van der Waals surface area contributed by atoms with Crippen LogP contribution >= 0.6 is 11.6 Å². The van der Waals surface area contributed by atoms with Crippen LogP contribution in [0.5, 0.6) is 0 Å². The molecule has 2 aromatic rings. The number of amides is 1. The quantitative estimate of drug-likeness (QED) is 0.843. The van der Waals surface area contributed by atoms with Crippen LogP contribution in [-0.4, -0.2) is 23.5 Å². The number of benzene rings is 1. The lowest BCUT2D eigenvalue weighted by atomic mass is 10.1. The van der Waals surface area contributed by atoms with Crippen LogP contribution in [-0.2, 0) is 4.74 Å². The monoisotopic (exact) mass is 320 g/mol. The molecule has 0 saturated carbocycles. The fraction of sp³-hybridized carbons (Fsp3) is 0.250. The first-order valence-electron chi connectivity index (χ1n) is 6.87. The van der Waals surface area contributed by atoms with Gasteiger partial charge in [0.2, 0.25) is 0 Å². The third kappa shape index (κ3) is 3.31. The van der Waals surface area contributed by atoms with Crippen molar-refractivity contribution in [1.82, 2.24) is 4.98 Å². The van der Waals surface area contributed by atoms with Gasteiger partial charge in [-0.1, -0.05) is 17.7 Å². The first kappa shape index (κ1) is 16.1. The van der Waals surface area contributed by atoms with E-state index in [0.29, 0.717) is 33.2 Å². The van der Waals surface area contributed by atoms with Gasteiger partial charge in [-0.05, 0) is 44.5 Å². The van der Waals surface area contributed by atoms with Crippen LogP contribution in [0.15, 0.2) is 24.3 Å². The van der Waals surface area contributed by atoms with E-state index >= 15 is 0 Å². The lowest BCUT2D eigenvalue weighted by molar-refractivity contribution is 0.0525. The maximum atomic E-state index is 12.4. The standard InChI is InChI=1S/C16H17ClN2O3/c1-4-22-16(21)13-9(2)14(18-10(13)3)15(20)19-12-7-5-6-11(17)8-12/h5-8,18H,4H2,1-3H3,(H,19,20). The molecule has 0 atom stereocenters. The van der Waals surface area contributed by atoms with Gasteiger partial charge in [0.25, 0.3) is 5.91 Å². The number of nitrogens with one attached hydrogen (secondary N) is 2. The highest BCUT2D eigenvalue weighted by Gasteiger charge is 2.22. The lowest BCUT2D eigenvalue weighted by Gasteiger charge is -2.05. The molecular weight excluding hydrogens is 304 g/mol. The number of H-pyrrole nitrogens is 1. The molecule has 6 heteroatoms. The Hall–Kier alpha value is -2.27. The second-order valence-corrected chi connectivity index (χ2v) is 5.25. The predicted octanol–water partition coefficient (Wildman–Crippen LogP) is 3.71. The van der Waals surface area contributed by atoms with E-state index < -0.39 is 5.97 Å². The highest BCUT2D eigenvalue weighted by atomic mass is 35.5. The van der Waals surface area contributed by atoms with E-state index in [9.17, 15) is 9.59 Å². The Morgan fingerprint density at radius 2 is 2.05 bits per heavy atom. The van der Waals surface area contributed by atoms with Gasteiger partial charge in [-0.3, -0.25) is 4.79 Å². The van der Waals surface area contributed by atoms with Crippen LogP contribution in [0.1, 0.15) is 39.0 Å². The van der Waals surface area contributed by atoms with Crippen LogP contribution in [0.2, 0.25) is 5.02 Å². The SMILES string of the molecule is CCOC(=O)c1c(C)[nH]c(C(=O)Nc2cccc(Cl)c2)c1C. The maximum Gasteiger partial charge on any atom is 0.340 e. The number of ether oxygens (including phenoxy) is 1. The average molecular weight is 321 g/mol. The molecule has 1 heterocycles. The highest BCUT2D eigenvalue weighted by Crippen LogP contribution is 2.21. The minimum absolute atomic E-state index is 0.285. The fourth-order valence-corrected chi connectivity index (χ4v) is 2.44. The van der Waals surface area contributed by atoms with Crippen molar-refractivity contribution >= 4 is 29.2 Å². The van der Waals surface area contributed by atoms with Crippen LogP contribution in [0, 0.1) is 13.8 Å². The second-order valence-electron chi connectivity index (χ2n) is 4.81. The number of esters is 1. The van der Waals surface area contributed by atoms with Crippen LogP contribution in [0.3, 0.4) is 0 Å². The molecule has 0 saturated heterocycles. The minimum Gasteiger partial charge on any atom is -0.462 e. The summed E-state index contributed by atoms with van der Waals surface area (Å²) in [6, 6.07) is 6.85. The van der Waals surface area contributed by atoms with Crippen molar-refractivity contribution in [2.45, 2.75) is 20.8 Å². The van der Waals surface area contributed by atoms with E-state index in [1.807, 2.05) is 0 Å². The summed E-state index contributed by atoms with van der Waals surface area (Å²) in [6.45, 7) is 5.47. The molecule has 0 bridgehead atoms. The molecule has 116 valence electrons. The number of aromatic amines is 1. The van der Waals surface area contributed by atoms with Crippen molar-refractivity contribution in [3.05, 3.63) is 51.8 Å². The van der Waals surface area contributed by atoms with Gasteiger partial charge in [-0.25, -0.2) is 4.79 Å². The number of aromatic nitrogens is 1. The number of rotatable bonds is 4. The van der Waals surface area contributed by atoms with E-state index in [0.717, 1.165) is 0 Å². The summed E-state index contributed by atoms with van der Waals surface area (Å²) in [5.41, 5.74) is 2.49. The Balaban J connectivity index is 2.27. The second kappa shape index (κ2) is 6.66. The van der Waals surface area contributed by atoms with Crippen LogP contribution < -0.4 is 5.32 Å². The van der Waals surface area contributed by atoms with Crippen molar-refractivity contribution < 1.29 is 14.3 Å². The van der Waals surface area contributed by atoms with Crippen molar-refractivity contribution in [2.75, 3.05) is 11.9 Å². The Kier molecular flexibility index (Phi) is 4.88. The van der Waals surface area contributed by atoms with E-state index in [1.54, 1.807) is 45.0 Å². The molecule has 2 N–H and O–H groups in total. The summed E-state index contributed by atoms with van der Waals surface area (Å²) in [4.78, 5) is 27.2. The molecule has 0 radical (unpaired) electrons. The minimum atomic E-state index is -0.435. The number of aryl methyl sites for hydroxylation is 1. The Morgan fingerprint density at radius 3 is 2.68 bits per heavy atom. The molecule has 0 fully saturated rings. The largest absolute Gasteiger partial charge is 0.462 e. The number of hydrogen-bond acceptors (Lipinski definition) is 3. The van der Waals surface area contributed by atoms with Crippen molar-refractivity contribution in [3.8, 4) is 0 Å². The van der Waals surface area contributed by atoms with Crippen molar-refractivity contribution in [2.24, 2.45) is 0 Å². The van der Waals surface area contributed by atoms with Gasteiger partial charge < -0.3 is 15.0 Å². The summed E-state index contributed by atoms with van der Waals surface area (Å²) >= 11 is 5.89. The third-order valence-corrected chi connectivity index (χ3v) is 3.46. The van der Waals surface area contributed by atoms with E-state index in [-0.39, 0.29) is 12.5 Å². The third-order valence-electron chi connectivity index (χ3n) is 3.23. The summed E-state index contributed by atoms with van der Waals surface area (Å²) in [6.07, 6.45) is 0. The summed E-state index contributed by atoms with van der Waals surface area (Å²) in [7, 11) is 0. The first-order valence-corrected chi connectivity index (χ1v) is 7.25. The van der Waals surface area contributed by atoms with Gasteiger partial charge >= 0.3 is 5.97 Å². The van der Waals surface area contributed by atoms with Crippen molar-refractivity contribution in [3.63, 3.8) is 0 Å². The van der Waals surface area contributed by atoms with Gasteiger partial charge in [0.1, 0.15) is 5.69 Å². The van der Waals surface area contributed by atoms with Gasteiger partial charge in [0, 0.05) is 16.4 Å². The fourth-order valence-electron chi connectivity index (χ4n) is 2.25. The van der Waals surface area contributed by atoms with Gasteiger partial charge in [-0.2, -0.15) is 0 Å². The molecular formula is C16H17ClN2O3. The lowest BCUT2D eigenvalue weighted by Crippen LogP contribution is -2.14. The molecule has 22 heavy (non-hydrogen) atoms. The zero-order valence-corrected chi connectivity index (χ0v) is 13.4. The van der Waals surface area contributed by atoms with Gasteiger partial charge in [0.05, 0.1) is 12.2 Å². The molecule has 0 aliphatic carbocycles. The summed E-state index contributed by atoms with van der Waals surface area (Å²) in [5.74, 6) is -0.769. The summed E-state index contributed by atoms with van der Waals surface area (Å²) < 4.78 is 5.01. The predicted molar refractivity (Wildman–Crippen MR) is 85.6 cm³/mol. The molecule has 1 aromatic carbocycles. The highest BCUT2D eigenvalue weighted by molar-refractivity contribution is 6.31. The van der Waals surface area contributed by atoms with Gasteiger partial charge in [-0.15, -0.1) is 0 Å². The smallest absolute Gasteiger partial charge is 0.340 e. The molecule has 0 aliphatic rings. The maximum absolute atomic E-state index is 12.4. The topological polar surface area (TPSA) is 71.2 Å². The van der Waals surface area contributed by atoms with E-state index in [1.165, 1.54) is 0 Å². The molecule has 0 spiro atoms. The zero-order chi connectivity index (χ0) is 16.3. The molecule has 0 aliphatic heterocycles. The van der Waals surface area contributed by atoms with E-state index in [2.05, 4.69) is 10.3 Å². The number of carbonyl (C=O) groups excluding carboxylic acids is 2. The molecule has 0 unspecified atom stereocenters. The molecule has 1 aromatic heterocycles. The number of anilines is 1. The zero-order valence-electron chi connectivity index (χ0n) is 12.6. The Labute approximate surface area is 133 Å². The normalized spacial score (nSPS) is 10.4. The Bertz CT molecular complexity index is 722. The Morgan fingerprint density at radius 1 is 1.32 bits per heavy atom. The first-order chi connectivity index (χ1) is 10.4. The number of hydrogen-bond donors (Lipinski definition) is 2. The van der Waals surface area contributed by atoms with Crippen LogP contribution in [0.25, 0.3) is 0 Å². The summed E-state index contributed by atoms with van der Waals surface area (Å²) in [5, 5.41) is 3.28. The molecule has 2 rings (SSSR count). The molecule has 5 nitrogen and oxygen atoms in total. The molecule has 1 amide bonds. The van der Waals surface area contributed by atoms with Crippen LogP contribution in [0.4, 0.5) is 5.69 Å². The number of halogens is 1. The van der Waals surface area contributed by atoms with Crippen molar-refractivity contribution in [1.29, 1.82) is 0 Å². The average Bonchev–Trinajstić information content (AvgIpc) is 2.74. The number of carbonyl (C=O) groups is 2. The van der Waals surface area contributed by atoms with E-state index in [4.69, 9.17) is 16.3 Å². The van der Waals surface area contributed by atoms with Gasteiger partial charge in [0.15, 0.2) is 0 Å².